The van der Waals surface area contributed by atoms with Gasteiger partial charge in [-0.2, -0.15) is 5.10 Å². The minimum atomic E-state index is 0.0821. The number of hydrogen-bond donors (Lipinski definition) is 1. The van der Waals surface area contributed by atoms with E-state index in [1.165, 1.54) is 0 Å². The summed E-state index contributed by atoms with van der Waals surface area (Å²) < 4.78 is 0. The van der Waals surface area contributed by atoms with Gasteiger partial charge in [-0.3, -0.25) is 0 Å². The second-order valence-corrected chi connectivity index (χ2v) is 3.71. The molecule has 2 rings (SSSR count). The Balaban J connectivity index is 2.48. The van der Waals surface area contributed by atoms with Crippen molar-refractivity contribution in [1.82, 2.24) is 10.2 Å². The van der Waals surface area contributed by atoms with Crippen LogP contribution in [0.3, 0.4) is 0 Å². The molecule has 0 radical (unpaired) electrons. The zero-order valence-electron chi connectivity index (χ0n) is 9.58. The minimum absolute atomic E-state index is 0.0821. The minimum Gasteiger partial charge on any atom is -0.395 e. The monoisotopic (exact) mass is 229 g/mol. The van der Waals surface area contributed by atoms with Gasteiger partial charge in [0.2, 0.25) is 0 Å². The SMILES string of the molecule is C=CCN(CCO)c1nncc2ccccc12. The lowest BCUT2D eigenvalue weighted by Gasteiger charge is -2.21. The fourth-order valence-corrected chi connectivity index (χ4v) is 1.81. The third-order valence-electron chi connectivity index (χ3n) is 2.57. The second kappa shape index (κ2) is 5.41. The molecule has 0 aliphatic rings. The first kappa shape index (κ1) is 11.5. The van der Waals surface area contributed by atoms with Gasteiger partial charge in [0, 0.05) is 23.9 Å². The van der Waals surface area contributed by atoms with Crippen LogP contribution in [0.1, 0.15) is 0 Å². The van der Waals surface area contributed by atoms with Gasteiger partial charge in [-0.05, 0) is 0 Å². The molecule has 2 aromatic rings. The summed E-state index contributed by atoms with van der Waals surface area (Å²) in [6, 6.07) is 7.95. The molecule has 0 amide bonds. The van der Waals surface area contributed by atoms with Gasteiger partial charge in [0.15, 0.2) is 5.82 Å². The highest BCUT2D eigenvalue weighted by Gasteiger charge is 2.10. The largest absolute Gasteiger partial charge is 0.395 e. The molecule has 0 spiro atoms. The van der Waals surface area contributed by atoms with Crippen molar-refractivity contribution in [3.63, 3.8) is 0 Å². The van der Waals surface area contributed by atoms with Crippen molar-refractivity contribution in [3.8, 4) is 0 Å². The van der Waals surface area contributed by atoms with Crippen molar-refractivity contribution in [2.45, 2.75) is 0 Å². The number of hydrogen-bond acceptors (Lipinski definition) is 4. The van der Waals surface area contributed by atoms with Crippen molar-refractivity contribution in [1.29, 1.82) is 0 Å². The second-order valence-electron chi connectivity index (χ2n) is 3.71. The lowest BCUT2D eigenvalue weighted by Crippen LogP contribution is -2.28. The molecule has 0 atom stereocenters. The van der Waals surface area contributed by atoms with Gasteiger partial charge >= 0.3 is 0 Å². The summed E-state index contributed by atoms with van der Waals surface area (Å²) in [6.45, 7) is 4.96. The third kappa shape index (κ3) is 2.42. The highest BCUT2D eigenvalue weighted by Crippen LogP contribution is 2.22. The summed E-state index contributed by atoms with van der Waals surface area (Å²) in [5, 5.41) is 19.3. The molecule has 1 aromatic carbocycles. The molecule has 4 nitrogen and oxygen atoms in total. The van der Waals surface area contributed by atoms with Crippen LogP contribution in [-0.2, 0) is 0 Å². The molecule has 4 heteroatoms. The van der Waals surface area contributed by atoms with Crippen LogP contribution in [0.2, 0.25) is 0 Å². The molecule has 0 bridgehead atoms. The van der Waals surface area contributed by atoms with E-state index in [1.807, 2.05) is 29.2 Å². The average Bonchev–Trinajstić information content (AvgIpc) is 2.38. The number of fused-ring (bicyclic) bond motifs is 1. The van der Waals surface area contributed by atoms with Crippen LogP contribution in [-0.4, -0.2) is 35.0 Å². The maximum Gasteiger partial charge on any atom is 0.159 e. The maximum atomic E-state index is 9.07. The molecule has 0 saturated carbocycles. The zero-order chi connectivity index (χ0) is 12.1. The highest BCUT2D eigenvalue weighted by molar-refractivity contribution is 5.91. The third-order valence-corrected chi connectivity index (χ3v) is 2.57. The van der Waals surface area contributed by atoms with Gasteiger partial charge in [0.05, 0.1) is 12.8 Å². The summed E-state index contributed by atoms with van der Waals surface area (Å²) in [7, 11) is 0. The zero-order valence-corrected chi connectivity index (χ0v) is 9.58. The molecule has 0 aliphatic carbocycles. The van der Waals surface area contributed by atoms with Gasteiger partial charge in [-0.15, -0.1) is 11.7 Å². The van der Waals surface area contributed by atoms with E-state index in [9.17, 15) is 0 Å². The number of rotatable bonds is 5. The predicted molar refractivity (Wildman–Crippen MR) is 69.0 cm³/mol. The Morgan fingerprint density at radius 1 is 1.35 bits per heavy atom. The average molecular weight is 229 g/mol. The number of aromatic nitrogens is 2. The summed E-state index contributed by atoms with van der Waals surface area (Å²) in [5.74, 6) is 0.789. The van der Waals surface area contributed by atoms with Crippen LogP contribution < -0.4 is 4.90 Å². The Hall–Kier alpha value is -1.94. The van der Waals surface area contributed by atoms with E-state index >= 15 is 0 Å². The van der Waals surface area contributed by atoms with Gasteiger partial charge in [0.1, 0.15) is 0 Å². The van der Waals surface area contributed by atoms with E-state index in [0.29, 0.717) is 13.1 Å². The molecule has 1 heterocycles. The van der Waals surface area contributed by atoms with Gasteiger partial charge in [-0.1, -0.05) is 30.3 Å². The molecule has 1 N–H and O–H groups in total. The lowest BCUT2D eigenvalue weighted by molar-refractivity contribution is 0.302. The standard InChI is InChI=1S/C13H15N3O/c1-2-7-16(8-9-17)13-12-6-4-3-5-11(12)10-14-15-13/h2-6,10,17H,1,7-9H2. The fourth-order valence-electron chi connectivity index (χ4n) is 1.81. The molecule has 88 valence electrons. The number of aliphatic hydroxyl groups excluding tert-OH is 1. The van der Waals surface area contributed by atoms with Crippen LogP contribution >= 0.6 is 0 Å². The molecular weight excluding hydrogens is 214 g/mol. The van der Waals surface area contributed by atoms with Gasteiger partial charge < -0.3 is 10.0 Å². The Kier molecular flexibility index (Phi) is 3.67. The van der Waals surface area contributed by atoms with Crippen LogP contribution in [0.5, 0.6) is 0 Å². The van der Waals surface area contributed by atoms with E-state index in [-0.39, 0.29) is 6.61 Å². The van der Waals surface area contributed by atoms with Crippen molar-refractivity contribution >= 4 is 16.6 Å². The molecule has 0 aliphatic heterocycles. The predicted octanol–water partition coefficient (Wildman–Crippen LogP) is 1.61. The first-order chi connectivity index (χ1) is 8.36. The van der Waals surface area contributed by atoms with Crippen molar-refractivity contribution < 1.29 is 5.11 Å². The molecule has 0 fully saturated rings. The molecule has 0 unspecified atom stereocenters. The van der Waals surface area contributed by atoms with E-state index < -0.39 is 0 Å². The van der Waals surface area contributed by atoms with Crippen LogP contribution in [0.25, 0.3) is 10.8 Å². The number of benzene rings is 1. The molecule has 0 saturated heterocycles. The van der Waals surface area contributed by atoms with E-state index in [4.69, 9.17) is 5.11 Å². The van der Waals surface area contributed by atoms with Crippen molar-refractivity contribution in [2.75, 3.05) is 24.6 Å². The topological polar surface area (TPSA) is 49.2 Å². The molecule has 17 heavy (non-hydrogen) atoms. The van der Waals surface area contributed by atoms with Gasteiger partial charge in [0.25, 0.3) is 0 Å². The first-order valence-corrected chi connectivity index (χ1v) is 5.54. The number of anilines is 1. The first-order valence-electron chi connectivity index (χ1n) is 5.54. The van der Waals surface area contributed by atoms with Crippen molar-refractivity contribution in [2.24, 2.45) is 0 Å². The normalized spacial score (nSPS) is 10.4. The Labute approximate surface area is 100 Å². The number of aliphatic hydroxyl groups is 1. The summed E-state index contributed by atoms with van der Waals surface area (Å²) in [5.41, 5.74) is 0. The Morgan fingerprint density at radius 2 is 2.18 bits per heavy atom. The summed E-state index contributed by atoms with van der Waals surface area (Å²) in [4.78, 5) is 1.96. The smallest absolute Gasteiger partial charge is 0.159 e. The highest BCUT2D eigenvalue weighted by atomic mass is 16.3. The molecule has 1 aromatic heterocycles. The van der Waals surface area contributed by atoms with Crippen molar-refractivity contribution in [3.05, 3.63) is 43.1 Å². The summed E-state index contributed by atoms with van der Waals surface area (Å²) >= 11 is 0. The molecular formula is C13H15N3O. The number of nitrogens with zero attached hydrogens (tertiary/aromatic N) is 3. The summed E-state index contributed by atoms with van der Waals surface area (Å²) in [6.07, 6.45) is 3.53. The quantitative estimate of drug-likeness (QED) is 0.791. The van der Waals surface area contributed by atoms with Crippen LogP contribution in [0.4, 0.5) is 5.82 Å². The van der Waals surface area contributed by atoms with E-state index in [2.05, 4.69) is 16.8 Å². The lowest BCUT2D eigenvalue weighted by atomic mass is 10.2. The Bertz CT molecular complexity index is 507. The Morgan fingerprint density at radius 3 is 2.94 bits per heavy atom. The van der Waals surface area contributed by atoms with Gasteiger partial charge in [-0.25, -0.2) is 0 Å². The van der Waals surface area contributed by atoms with Crippen LogP contribution in [0.15, 0.2) is 43.1 Å². The maximum absolute atomic E-state index is 9.07. The van der Waals surface area contributed by atoms with E-state index in [1.54, 1.807) is 12.3 Å². The van der Waals surface area contributed by atoms with Crippen LogP contribution in [0, 0.1) is 0 Å². The fraction of sp³-hybridized carbons (Fsp3) is 0.231. The van der Waals surface area contributed by atoms with E-state index in [0.717, 1.165) is 16.6 Å².